The number of aliphatic imine (C=N–C) groups is 1. The van der Waals surface area contributed by atoms with Gasteiger partial charge in [-0.25, -0.2) is 9.98 Å². The van der Waals surface area contributed by atoms with E-state index in [0.29, 0.717) is 17.6 Å². The molecule has 1 aliphatic carbocycles. The minimum Gasteiger partial charge on any atom is -0.327 e. The van der Waals surface area contributed by atoms with Crippen molar-refractivity contribution in [2.45, 2.75) is 46.0 Å². The third kappa shape index (κ3) is 3.02. The van der Waals surface area contributed by atoms with Crippen LogP contribution in [0.25, 0.3) is 0 Å². The van der Waals surface area contributed by atoms with Crippen molar-refractivity contribution in [3.8, 4) is 0 Å². The predicted octanol–water partition coefficient (Wildman–Crippen LogP) is 3.41. The Morgan fingerprint density at radius 1 is 1.41 bits per heavy atom. The number of aromatic nitrogens is 2. The zero-order chi connectivity index (χ0) is 12.3. The van der Waals surface area contributed by atoms with Crippen molar-refractivity contribution in [1.29, 1.82) is 5.41 Å². The van der Waals surface area contributed by atoms with Crippen molar-refractivity contribution >= 4 is 17.4 Å². The number of rotatable bonds is 3. The highest BCUT2D eigenvalue weighted by atomic mass is 15.1. The molecule has 0 aliphatic heterocycles. The fourth-order valence-corrected chi connectivity index (χ4v) is 2.43. The number of aromatic amines is 1. The second-order valence-electron chi connectivity index (χ2n) is 4.85. The molecule has 1 aliphatic rings. The van der Waals surface area contributed by atoms with Gasteiger partial charge in [0.25, 0.3) is 0 Å². The maximum Gasteiger partial charge on any atom is 0.227 e. The van der Waals surface area contributed by atoms with Crippen LogP contribution in [0.3, 0.4) is 0 Å². The van der Waals surface area contributed by atoms with Crippen LogP contribution in [0.2, 0.25) is 0 Å². The lowest BCUT2D eigenvalue weighted by Crippen LogP contribution is -2.23. The Hall–Kier alpha value is -1.45. The van der Waals surface area contributed by atoms with E-state index in [1.807, 2.05) is 13.8 Å². The molecule has 4 heteroatoms. The summed E-state index contributed by atoms with van der Waals surface area (Å²) < 4.78 is 0. The van der Waals surface area contributed by atoms with E-state index in [4.69, 9.17) is 5.41 Å². The molecule has 0 amide bonds. The van der Waals surface area contributed by atoms with Gasteiger partial charge in [0, 0.05) is 17.8 Å². The Balaban J connectivity index is 2.21. The van der Waals surface area contributed by atoms with Crippen LogP contribution in [-0.4, -0.2) is 21.4 Å². The summed E-state index contributed by atoms with van der Waals surface area (Å²) in [7, 11) is 0. The van der Waals surface area contributed by atoms with Crippen molar-refractivity contribution in [3.63, 3.8) is 0 Å². The number of nitrogens with one attached hydrogen (secondary N) is 2. The van der Waals surface area contributed by atoms with E-state index < -0.39 is 0 Å². The molecule has 0 aromatic carbocycles. The first-order valence-corrected chi connectivity index (χ1v) is 6.32. The van der Waals surface area contributed by atoms with Gasteiger partial charge in [0.15, 0.2) is 0 Å². The molecule has 4 nitrogen and oxygen atoms in total. The molecular weight excluding hydrogens is 212 g/mol. The van der Waals surface area contributed by atoms with Crippen LogP contribution in [0.5, 0.6) is 0 Å². The van der Waals surface area contributed by atoms with Crippen LogP contribution in [0.15, 0.2) is 11.2 Å². The van der Waals surface area contributed by atoms with E-state index in [2.05, 4.69) is 15.0 Å². The first kappa shape index (κ1) is 12.0. The molecule has 17 heavy (non-hydrogen) atoms. The lowest BCUT2D eigenvalue weighted by molar-refractivity contribution is 0.441. The highest BCUT2D eigenvalue weighted by Gasteiger charge is 2.21. The van der Waals surface area contributed by atoms with E-state index in [-0.39, 0.29) is 0 Å². The molecular formula is C13H20N4. The van der Waals surface area contributed by atoms with E-state index >= 15 is 0 Å². The lowest BCUT2D eigenvalue weighted by Gasteiger charge is -2.22. The van der Waals surface area contributed by atoms with Crippen molar-refractivity contribution in [1.82, 2.24) is 9.97 Å². The minimum atomic E-state index is 0.451. The molecule has 0 saturated heterocycles. The molecule has 0 atom stereocenters. The van der Waals surface area contributed by atoms with Crippen molar-refractivity contribution in [2.75, 3.05) is 0 Å². The molecule has 2 rings (SSSR count). The van der Waals surface area contributed by atoms with Crippen molar-refractivity contribution in [3.05, 3.63) is 11.9 Å². The van der Waals surface area contributed by atoms with Crippen LogP contribution < -0.4 is 0 Å². The monoisotopic (exact) mass is 232 g/mol. The summed E-state index contributed by atoms with van der Waals surface area (Å²) in [6.07, 6.45) is 7.93. The van der Waals surface area contributed by atoms with Gasteiger partial charge < -0.3 is 10.4 Å². The van der Waals surface area contributed by atoms with E-state index in [0.717, 1.165) is 24.2 Å². The third-order valence-corrected chi connectivity index (χ3v) is 3.29. The van der Waals surface area contributed by atoms with E-state index in [1.165, 1.54) is 19.3 Å². The topological polar surface area (TPSA) is 64.9 Å². The molecule has 0 spiro atoms. The Morgan fingerprint density at radius 2 is 2.12 bits per heavy atom. The number of nitrogens with zero attached hydrogens (tertiary/aromatic N) is 2. The highest BCUT2D eigenvalue weighted by Crippen LogP contribution is 2.26. The van der Waals surface area contributed by atoms with Gasteiger partial charge in [-0.05, 0) is 26.7 Å². The second kappa shape index (κ2) is 5.25. The summed E-state index contributed by atoms with van der Waals surface area (Å²) in [6.45, 7) is 3.78. The third-order valence-electron chi connectivity index (χ3n) is 3.29. The highest BCUT2D eigenvalue weighted by molar-refractivity contribution is 6.41. The van der Waals surface area contributed by atoms with Gasteiger partial charge in [-0.1, -0.05) is 19.3 Å². The molecule has 2 N–H and O–H groups in total. The average Bonchev–Trinajstić information content (AvgIpc) is 2.73. The van der Waals surface area contributed by atoms with Gasteiger partial charge in [0.2, 0.25) is 5.95 Å². The van der Waals surface area contributed by atoms with Crippen molar-refractivity contribution in [2.24, 2.45) is 10.9 Å². The molecule has 92 valence electrons. The summed E-state index contributed by atoms with van der Waals surface area (Å²) in [4.78, 5) is 11.8. The summed E-state index contributed by atoms with van der Waals surface area (Å²) in [6, 6.07) is 0. The molecule has 1 aromatic heterocycles. The summed E-state index contributed by atoms with van der Waals surface area (Å²) >= 11 is 0. The van der Waals surface area contributed by atoms with Gasteiger partial charge in [-0.2, -0.15) is 0 Å². The Bertz CT molecular complexity index is 424. The Kier molecular flexibility index (Phi) is 3.71. The largest absolute Gasteiger partial charge is 0.327 e. The summed E-state index contributed by atoms with van der Waals surface area (Å²) in [5.41, 5.74) is 2.50. The number of H-pyrrole nitrogens is 1. The fourth-order valence-electron chi connectivity index (χ4n) is 2.43. The maximum absolute atomic E-state index is 7.87. The van der Waals surface area contributed by atoms with Crippen LogP contribution >= 0.6 is 0 Å². The molecule has 1 fully saturated rings. The first-order chi connectivity index (χ1) is 8.16. The Morgan fingerprint density at radius 3 is 2.65 bits per heavy atom. The smallest absolute Gasteiger partial charge is 0.227 e. The van der Waals surface area contributed by atoms with E-state index in [1.54, 1.807) is 6.20 Å². The maximum atomic E-state index is 7.87. The normalized spacial score (nSPS) is 18.4. The zero-order valence-corrected chi connectivity index (χ0v) is 10.6. The summed E-state index contributed by atoms with van der Waals surface area (Å²) in [5.74, 6) is 1.08. The van der Waals surface area contributed by atoms with Gasteiger partial charge in [0.1, 0.15) is 0 Å². The molecule has 1 aromatic rings. The van der Waals surface area contributed by atoms with Gasteiger partial charge >= 0.3 is 0 Å². The number of hydrogen-bond donors (Lipinski definition) is 2. The second-order valence-corrected chi connectivity index (χ2v) is 4.85. The van der Waals surface area contributed by atoms with Crippen LogP contribution in [0.1, 0.15) is 44.7 Å². The predicted molar refractivity (Wildman–Crippen MR) is 70.4 cm³/mol. The zero-order valence-electron chi connectivity index (χ0n) is 10.6. The minimum absolute atomic E-state index is 0.451. The van der Waals surface area contributed by atoms with Gasteiger partial charge in [0.05, 0.1) is 11.4 Å². The standard InChI is InChI=1S/C13H20N4/c1-9-8-15-13(16-9)17-12(10(2)14)11-6-4-3-5-7-11/h8,11,14H,3-7H2,1-2H3,(H,15,16)/b14-10?,17-12+. The SMILES string of the molecule is CC(=N)/C(=N\c1ncc(C)[nH]1)C1CCCCC1. The molecule has 0 unspecified atom stereocenters. The fraction of sp³-hybridized carbons (Fsp3) is 0.615. The number of hydrogen-bond acceptors (Lipinski definition) is 3. The van der Waals surface area contributed by atoms with Crippen LogP contribution in [0, 0.1) is 18.3 Å². The van der Waals surface area contributed by atoms with Crippen molar-refractivity contribution < 1.29 is 0 Å². The van der Waals surface area contributed by atoms with Gasteiger partial charge in [-0.3, -0.25) is 0 Å². The molecule has 0 bridgehead atoms. The number of aryl methyl sites for hydroxylation is 1. The summed E-state index contributed by atoms with van der Waals surface area (Å²) in [5, 5.41) is 7.87. The first-order valence-electron chi connectivity index (χ1n) is 6.32. The number of imidazole rings is 1. The van der Waals surface area contributed by atoms with E-state index in [9.17, 15) is 0 Å². The quantitative estimate of drug-likeness (QED) is 0.770. The molecule has 0 radical (unpaired) electrons. The van der Waals surface area contributed by atoms with Gasteiger partial charge in [-0.15, -0.1) is 0 Å². The molecule has 1 saturated carbocycles. The molecule has 1 heterocycles. The average molecular weight is 232 g/mol. The lowest BCUT2D eigenvalue weighted by atomic mass is 9.84. The van der Waals surface area contributed by atoms with Crippen LogP contribution in [0.4, 0.5) is 5.95 Å². The van der Waals surface area contributed by atoms with Crippen LogP contribution in [-0.2, 0) is 0 Å². The Labute approximate surface area is 102 Å².